The highest BCUT2D eigenvalue weighted by Crippen LogP contribution is 2.26. The zero-order valence-electron chi connectivity index (χ0n) is 8.66. The number of hydrazine groups is 1. The molecule has 17 heavy (non-hydrogen) atoms. The third kappa shape index (κ3) is 1.69. The van der Waals surface area contributed by atoms with Crippen LogP contribution < -0.4 is 11.2 Å². The van der Waals surface area contributed by atoms with Crippen LogP contribution in [0.2, 0.25) is 0 Å². The van der Waals surface area contributed by atoms with Crippen molar-refractivity contribution in [1.82, 2.24) is 10.4 Å². The number of furan rings is 1. The van der Waals surface area contributed by atoms with Gasteiger partial charge in [-0.3, -0.25) is 9.59 Å². The van der Waals surface area contributed by atoms with Gasteiger partial charge in [-0.25, -0.2) is 10.0 Å². The summed E-state index contributed by atoms with van der Waals surface area (Å²) >= 11 is 0. The van der Waals surface area contributed by atoms with E-state index in [0.29, 0.717) is 0 Å². The first-order valence-corrected chi connectivity index (χ1v) is 4.70. The number of rotatable bonds is 3. The van der Waals surface area contributed by atoms with Crippen LogP contribution in [0.5, 0.6) is 0 Å². The van der Waals surface area contributed by atoms with Gasteiger partial charge in [0.25, 0.3) is 17.5 Å². The summed E-state index contributed by atoms with van der Waals surface area (Å²) in [6.45, 7) is -0.716. The highest BCUT2D eigenvalue weighted by molar-refractivity contribution is 5.94. The summed E-state index contributed by atoms with van der Waals surface area (Å²) in [5.74, 6) is -1.32. The van der Waals surface area contributed by atoms with Crippen LogP contribution in [0.3, 0.4) is 0 Å². The molecule has 1 aliphatic rings. The normalized spacial score (nSPS) is 23.0. The predicted molar refractivity (Wildman–Crippen MR) is 55.1 cm³/mol. The molecule has 1 aliphatic heterocycles. The van der Waals surface area contributed by atoms with Crippen molar-refractivity contribution >= 4 is 18.2 Å². The number of aliphatic hydroxyl groups excluding tert-OH is 1. The van der Waals surface area contributed by atoms with E-state index in [1.807, 2.05) is 0 Å². The Morgan fingerprint density at radius 3 is 2.94 bits per heavy atom. The number of hydrogen-bond donors (Lipinski definition) is 3. The number of nitrogens with two attached hydrogens (primary N) is 1. The van der Waals surface area contributed by atoms with Crippen molar-refractivity contribution in [1.29, 1.82) is 0 Å². The maximum atomic E-state index is 11.5. The second-order valence-corrected chi connectivity index (χ2v) is 3.33. The maximum absolute atomic E-state index is 11.5. The van der Waals surface area contributed by atoms with Crippen LogP contribution in [-0.4, -0.2) is 34.9 Å². The summed E-state index contributed by atoms with van der Waals surface area (Å²) < 4.78 is 5.07. The Kier molecular flexibility index (Phi) is 2.66. The Labute approximate surface area is 95.7 Å². The van der Waals surface area contributed by atoms with Crippen LogP contribution in [0, 0.1) is 0 Å². The molecule has 8 heteroatoms. The van der Waals surface area contributed by atoms with Gasteiger partial charge in [0.2, 0.25) is 0 Å². The van der Waals surface area contributed by atoms with Crippen molar-refractivity contribution in [3.63, 3.8) is 0 Å². The smallest absolute Gasteiger partial charge is 0.270 e. The van der Waals surface area contributed by atoms with E-state index in [9.17, 15) is 9.59 Å². The molecule has 1 atom stereocenters. The lowest BCUT2D eigenvalue weighted by molar-refractivity contribution is -0.135. The van der Waals surface area contributed by atoms with Crippen LogP contribution in [0.1, 0.15) is 5.76 Å². The maximum Gasteiger partial charge on any atom is 0.270 e. The Bertz CT molecular complexity index is 469. The van der Waals surface area contributed by atoms with Crippen molar-refractivity contribution in [3.8, 4) is 0 Å². The number of hydrogen-bond acceptors (Lipinski definition) is 6. The van der Waals surface area contributed by atoms with Gasteiger partial charge in [0.15, 0.2) is 5.76 Å². The van der Waals surface area contributed by atoms with E-state index in [4.69, 9.17) is 15.3 Å². The van der Waals surface area contributed by atoms with Gasteiger partial charge in [-0.1, -0.05) is 0 Å². The quantitative estimate of drug-likeness (QED) is 0.578. The van der Waals surface area contributed by atoms with Crippen molar-refractivity contribution < 1.29 is 19.1 Å². The van der Waals surface area contributed by atoms with Crippen molar-refractivity contribution in [2.24, 2.45) is 10.7 Å². The number of nitrogens with zero attached hydrogens (tertiary/aromatic N) is 2. The minimum absolute atomic E-state index is 0.162. The first-order valence-electron chi connectivity index (χ1n) is 4.70. The Balaban J connectivity index is 2.33. The lowest BCUT2D eigenvalue weighted by Crippen LogP contribution is -2.54. The van der Waals surface area contributed by atoms with Gasteiger partial charge in [-0.05, 0) is 12.1 Å². The van der Waals surface area contributed by atoms with Crippen LogP contribution in [0.15, 0.2) is 27.8 Å². The van der Waals surface area contributed by atoms with Crippen LogP contribution in [0.25, 0.3) is 0 Å². The summed E-state index contributed by atoms with van der Waals surface area (Å²) in [7, 11) is 0. The molecular formula is C9H10N4O4. The molecule has 0 fully saturated rings. The minimum atomic E-state index is -1.64. The van der Waals surface area contributed by atoms with Crippen LogP contribution in [-0.2, 0) is 15.3 Å². The van der Waals surface area contributed by atoms with Gasteiger partial charge in [0, 0.05) is 0 Å². The fourth-order valence-electron chi connectivity index (χ4n) is 1.42. The number of nitrogens with one attached hydrogen (secondary N) is 1. The summed E-state index contributed by atoms with van der Waals surface area (Å²) in [5.41, 5.74) is 6.10. The lowest BCUT2D eigenvalue weighted by Gasteiger charge is -2.23. The first-order chi connectivity index (χ1) is 8.10. The standard InChI is InChI=1S/C9H10N4O4/c10-8(16)9(6-2-1-3-17-6)11-5-13(12-9)7(15)4-14/h1-3,5,12,14H,4H2,(H2,10,16). The largest absolute Gasteiger partial charge is 0.465 e. The summed E-state index contributed by atoms with van der Waals surface area (Å²) in [4.78, 5) is 26.5. The number of primary amides is 1. The monoisotopic (exact) mass is 238 g/mol. The van der Waals surface area contributed by atoms with E-state index >= 15 is 0 Å². The molecule has 4 N–H and O–H groups in total. The fraction of sp³-hybridized carbons (Fsp3) is 0.222. The number of carbonyl (C=O) groups is 2. The molecular weight excluding hydrogens is 228 g/mol. The molecule has 0 aliphatic carbocycles. The van der Waals surface area contributed by atoms with Gasteiger partial charge < -0.3 is 15.3 Å². The highest BCUT2D eigenvalue weighted by Gasteiger charge is 2.46. The summed E-state index contributed by atoms with van der Waals surface area (Å²) in [5, 5.41) is 9.58. The number of aliphatic hydroxyl groups is 1. The Morgan fingerprint density at radius 2 is 2.41 bits per heavy atom. The zero-order valence-corrected chi connectivity index (χ0v) is 8.66. The van der Waals surface area contributed by atoms with Gasteiger partial charge in [0.05, 0.1) is 6.26 Å². The highest BCUT2D eigenvalue weighted by atomic mass is 16.3. The molecule has 0 radical (unpaired) electrons. The molecule has 0 saturated carbocycles. The molecule has 0 saturated heterocycles. The van der Waals surface area contributed by atoms with E-state index in [-0.39, 0.29) is 5.76 Å². The van der Waals surface area contributed by atoms with Gasteiger partial charge in [-0.15, -0.1) is 0 Å². The second-order valence-electron chi connectivity index (χ2n) is 3.33. The van der Waals surface area contributed by atoms with E-state index in [1.165, 1.54) is 12.3 Å². The molecule has 1 aromatic rings. The van der Waals surface area contributed by atoms with Crippen LogP contribution >= 0.6 is 0 Å². The minimum Gasteiger partial charge on any atom is -0.465 e. The summed E-state index contributed by atoms with van der Waals surface area (Å²) in [6.07, 6.45) is 2.43. The SMILES string of the molecule is NC(=O)C1(c2ccco2)N=CN(C(=O)CO)N1. The number of aliphatic imine (C=N–C) groups is 1. The van der Waals surface area contributed by atoms with E-state index < -0.39 is 24.1 Å². The molecule has 0 aromatic carbocycles. The molecule has 2 amide bonds. The van der Waals surface area contributed by atoms with Gasteiger partial charge in [-0.2, -0.15) is 5.43 Å². The van der Waals surface area contributed by atoms with Crippen molar-refractivity contribution in [2.45, 2.75) is 5.66 Å². The molecule has 0 bridgehead atoms. The predicted octanol–water partition coefficient (Wildman–Crippen LogP) is -1.71. The third-order valence-electron chi connectivity index (χ3n) is 2.29. The molecule has 1 aromatic heterocycles. The molecule has 2 rings (SSSR count). The molecule has 1 unspecified atom stereocenters. The van der Waals surface area contributed by atoms with Crippen molar-refractivity contribution in [2.75, 3.05) is 6.61 Å². The molecule has 2 heterocycles. The second kappa shape index (κ2) is 4.00. The molecule has 90 valence electrons. The van der Waals surface area contributed by atoms with Crippen LogP contribution in [0.4, 0.5) is 0 Å². The average Bonchev–Trinajstić information content (AvgIpc) is 2.96. The van der Waals surface area contributed by atoms with Gasteiger partial charge in [0.1, 0.15) is 12.9 Å². The first kappa shape index (κ1) is 11.3. The fourth-order valence-corrected chi connectivity index (χ4v) is 1.42. The van der Waals surface area contributed by atoms with E-state index in [0.717, 1.165) is 11.3 Å². The number of carbonyl (C=O) groups excluding carboxylic acids is 2. The Hall–Kier alpha value is -2.19. The topological polar surface area (TPSA) is 121 Å². The molecule has 0 spiro atoms. The average molecular weight is 238 g/mol. The number of amides is 2. The third-order valence-corrected chi connectivity index (χ3v) is 2.29. The van der Waals surface area contributed by atoms with Crippen molar-refractivity contribution in [3.05, 3.63) is 24.2 Å². The zero-order chi connectivity index (χ0) is 12.5. The Morgan fingerprint density at radius 1 is 1.65 bits per heavy atom. The summed E-state index contributed by atoms with van der Waals surface area (Å²) in [6, 6.07) is 3.07. The van der Waals surface area contributed by atoms with E-state index in [1.54, 1.807) is 6.07 Å². The molecule has 8 nitrogen and oxygen atoms in total. The van der Waals surface area contributed by atoms with E-state index in [2.05, 4.69) is 10.4 Å². The van der Waals surface area contributed by atoms with Gasteiger partial charge >= 0.3 is 0 Å². The lowest BCUT2D eigenvalue weighted by atomic mass is 10.1.